The third-order valence-corrected chi connectivity index (χ3v) is 3.96. The van der Waals surface area contributed by atoms with Crippen molar-refractivity contribution in [2.75, 3.05) is 7.11 Å². The number of carboxylic acids is 1. The molecule has 0 radical (unpaired) electrons. The van der Waals surface area contributed by atoms with Crippen LogP contribution in [0.1, 0.15) is 19.5 Å². The number of methoxy groups -OCH3 is 1. The molecule has 0 atom stereocenters. The van der Waals surface area contributed by atoms with Crippen LogP contribution in [0.2, 0.25) is 0 Å². The van der Waals surface area contributed by atoms with Gasteiger partial charge in [-0.2, -0.15) is 0 Å². The number of aromatic nitrogens is 1. The average molecular weight is 295 g/mol. The lowest BCUT2D eigenvalue weighted by Gasteiger charge is -2.15. The van der Waals surface area contributed by atoms with Gasteiger partial charge in [-0.25, -0.2) is 9.37 Å². The van der Waals surface area contributed by atoms with Gasteiger partial charge in [-0.3, -0.25) is 4.79 Å². The number of thiazole rings is 1. The zero-order chi connectivity index (χ0) is 14.9. The number of nitrogens with zero attached hydrogens (tertiary/aromatic N) is 1. The first-order valence-corrected chi connectivity index (χ1v) is 6.77. The summed E-state index contributed by atoms with van der Waals surface area (Å²) >= 11 is 1.22. The Labute approximate surface area is 119 Å². The van der Waals surface area contributed by atoms with Gasteiger partial charge in [0.2, 0.25) is 0 Å². The molecular formula is C14H14FNO3S. The fourth-order valence-electron chi connectivity index (χ4n) is 1.59. The molecule has 0 unspecified atom stereocenters. The molecule has 0 saturated carbocycles. The third kappa shape index (κ3) is 2.51. The highest BCUT2D eigenvalue weighted by Crippen LogP contribution is 2.32. The Balaban J connectivity index is 2.41. The Kier molecular flexibility index (Phi) is 3.76. The van der Waals surface area contributed by atoms with Gasteiger partial charge >= 0.3 is 5.97 Å². The molecule has 0 spiro atoms. The molecule has 0 fully saturated rings. The fraction of sp³-hybridized carbons (Fsp3) is 0.286. The predicted molar refractivity (Wildman–Crippen MR) is 74.7 cm³/mol. The van der Waals surface area contributed by atoms with Gasteiger partial charge in [0, 0.05) is 17.0 Å². The van der Waals surface area contributed by atoms with Crippen LogP contribution in [0.5, 0.6) is 5.75 Å². The third-order valence-electron chi connectivity index (χ3n) is 3.09. The summed E-state index contributed by atoms with van der Waals surface area (Å²) in [5.41, 5.74) is -0.346. The fourth-order valence-corrected chi connectivity index (χ4v) is 2.60. The van der Waals surface area contributed by atoms with Gasteiger partial charge in [-0.05, 0) is 26.0 Å². The summed E-state index contributed by atoms with van der Waals surface area (Å²) in [6.07, 6.45) is 0. The second kappa shape index (κ2) is 5.20. The minimum Gasteiger partial charge on any atom is -0.497 e. The van der Waals surface area contributed by atoms with Crippen LogP contribution in [-0.2, 0) is 10.2 Å². The smallest absolute Gasteiger partial charge is 0.315 e. The van der Waals surface area contributed by atoms with Gasteiger partial charge in [0.05, 0.1) is 12.8 Å². The maximum absolute atomic E-state index is 14.0. The van der Waals surface area contributed by atoms with Crippen molar-refractivity contribution in [3.63, 3.8) is 0 Å². The molecule has 1 aromatic carbocycles. The molecule has 20 heavy (non-hydrogen) atoms. The van der Waals surface area contributed by atoms with E-state index in [1.807, 2.05) is 0 Å². The summed E-state index contributed by atoms with van der Waals surface area (Å²) in [4.78, 5) is 15.4. The Morgan fingerprint density at radius 3 is 2.70 bits per heavy atom. The van der Waals surface area contributed by atoms with Crippen molar-refractivity contribution in [3.8, 4) is 16.3 Å². The second-order valence-electron chi connectivity index (χ2n) is 4.81. The molecule has 0 amide bonds. The van der Waals surface area contributed by atoms with Gasteiger partial charge in [-0.1, -0.05) is 0 Å². The maximum Gasteiger partial charge on any atom is 0.315 e. The summed E-state index contributed by atoms with van der Waals surface area (Å²) in [5.74, 6) is -0.989. The van der Waals surface area contributed by atoms with Gasteiger partial charge < -0.3 is 9.84 Å². The van der Waals surface area contributed by atoms with Crippen LogP contribution in [0.25, 0.3) is 10.6 Å². The summed E-state index contributed by atoms with van der Waals surface area (Å²) in [6.45, 7) is 3.14. The molecule has 0 bridgehead atoms. The molecule has 0 aliphatic carbocycles. The SMILES string of the molecule is COc1ccc(-c2nc(C(C)(C)C(=O)O)cs2)c(F)c1. The first kappa shape index (κ1) is 14.5. The van der Waals surface area contributed by atoms with Crippen LogP contribution >= 0.6 is 11.3 Å². The van der Waals surface area contributed by atoms with Crippen molar-refractivity contribution in [2.24, 2.45) is 0 Å². The van der Waals surface area contributed by atoms with Crippen molar-refractivity contribution < 1.29 is 19.0 Å². The van der Waals surface area contributed by atoms with E-state index in [1.54, 1.807) is 31.4 Å². The number of rotatable bonds is 4. The lowest BCUT2D eigenvalue weighted by atomic mass is 9.90. The molecule has 1 N–H and O–H groups in total. The van der Waals surface area contributed by atoms with E-state index >= 15 is 0 Å². The highest BCUT2D eigenvalue weighted by Gasteiger charge is 2.32. The summed E-state index contributed by atoms with van der Waals surface area (Å²) in [6, 6.07) is 4.49. The number of hydrogen-bond donors (Lipinski definition) is 1. The number of carboxylic acid groups (broad SMARTS) is 1. The molecule has 1 heterocycles. The topological polar surface area (TPSA) is 59.4 Å². The van der Waals surface area contributed by atoms with E-state index in [0.29, 0.717) is 22.0 Å². The number of halogens is 1. The highest BCUT2D eigenvalue weighted by molar-refractivity contribution is 7.13. The van der Waals surface area contributed by atoms with E-state index in [0.717, 1.165) is 0 Å². The van der Waals surface area contributed by atoms with Gasteiger partial charge in [0.15, 0.2) is 0 Å². The number of aliphatic carboxylic acids is 1. The number of hydrogen-bond acceptors (Lipinski definition) is 4. The van der Waals surface area contributed by atoms with Crippen molar-refractivity contribution >= 4 is 17.3 Å². The Morgan fingerprint density at radius 2 is 2.15 bits per heavy atom. The van der Waals surface area contributed by atoms with E-state index in [4.69, 9.17) is 4.74 Å². The Morgan fingerprint density at radius 1 is 1.45 bits per heavy atom. The van der Waals surface area contributed by atoms with Crippen LogP contribution in [-0.4, -0.2) is 23.2 Å². The highest BCUT2D eigenvalue weighted by atomic mass is 32.1. The van der Waals surface area contributed by atoms with E-state index in [-0.39, 0.29) is 0 Å². The van der Waals surface area contributed by atoms with Crippen LogP contribution in [0.3, 0.4) is 0 Å². The molecular weight excluding hydrogens is 281 g/mol. The summed E-state index contributed by atoms with van der Waals surface area (Å²) in [7, 11) is 1.46. The number of carbonyl (C=O) groups is 1. The van der Waals surface area contributed by atoms with Gasteiger partial charge in [0.1, 0.15) is 22.0 Å². The summed E-state index contributed by atoms with van der Waals surface area (Å²) in [5, 5.41) is 11.3. The van der Waals surface area contributed by atoms with E-state index in [2.05, 4.69) is 4.98 Å². The van der Waals surface area contributed by atoms with E-state index in [9.17, 15) is 14.3 Å². The van der Waals surface area contributed by atoms with Crippen molar-refractivity contribution in [1.82, 2.24) is 4.98 Å². The first-order valence-electron chi connectivity index (χ1n) is 5.89. The monoisotopic (exact) mass is 295 g/mol. The standard InChI is InChI=1S/C14H14FNO3S/c1-14(2,13(17)18)11-7-20-12(16-11)9-5-4-8(19-3)6-10(9)15/h4-7H,1-3H3,(H,17,18). The molecule has 2 aromatic rings. The van der Waals surface area contributed by atoms with Crippen LogP contribution in [0, 0.1) is 5.82 Å². The van der Waals surface area contributed by atoms with Crippen molar-refractivity contribution in [1.29, 1.82) is 0 Å². The molecule has 4 nitrogen and oxygen atoms in total. The lowest BCUT2D eigenvalue weighted by Crippen LogP contribution is -2.28. The van der Waals surface area contributed by atoms with Gasteiger partial charge in [0.25, 0.3) is 0 Å². The predicted octanol–water partition coefficient (Wildman–Crippen LogP) is 3.32. The molecule has 0 aliphatic rings. The normalized spacial score (nSPS) is 11.4. The molecule has 106 valence electrons. The number of benzene rings is 1. The average Bonchev–Trinajstić information content (AvgIpc) is 2.88. The van der Waals surface area contributed by atoms with E-state index < -0.39 is 17.2 Å². The minimum atomic E-state index is -1.10. The minimum absolute atomic E-state index is 0.336. The van der Waals surface area contributed by atoms with Crippen LogP contribution < -0.4 is 4.74 Å². The largest absolute Gasteiger partial charge is 0.497 e. The molecule has 2 rings (SSSR count). The van der Waals surface area contributed by atoms with Crippen molar-refractivity contribution in [2.45, 2.75) is 19.3 Å². The second-order valence-corrected chi connectivity index (χ2v) is 5.67. The summed E-state index contributed by atoms with van der Waals surface area (Å²) < 4.78 is 18.9. The van der Waals surface area contributed by atoms with Crippen molar-refractivity contribution in [3.05, 3.63) is 35.1 Å². The zero-order valence-electron chi connectivity index (χ0n) is 11.3. The number of ether oxygens (including phenoxy) is 1. The quantitative estimate of drug-likeness (QED) is 0.940. The van der Waals surface area contributed by atoms with Crippen LogP contribution in [0.15, 0.2) is 23.6 Å². The Bertz CT molecular complexity index is 652. The molecule has 6 heteroatoms. The lowest BCUT2D eigenvalue weighted by molar-refractivity contribution is -0.142. The first-order chi connectivity index (χ1) is 9.36. The molecule has 0 saturated heterocycles. The van der Waals surface area contributed by atoms with Gasteiger partial charge in [-0.15, -0.1) is 11.3 Å². The Hall–Kier alpha value is -1.95. The molecule has 0 aliphatic heterocycles. The molecule has 1 aromatic heterocycles. The maximum atomic E-state index is 14.0. The zero-order valence-corrected chi connectivity index (χ0v) is 12.1. The van der Waals surface area contributed by atoms with E-state index in [1.165, 1.54) is 24.5 Å². The van der Waals surface area contributed by atoms with Crippen LogP contribution in [0.4, 0.5) is 4.39 Å².